The molecule has 0 atom stereocenters. The minimum absolute atomic E-state index is 0.150. The maximum absolute atomic E-state index is 11.9. The lowest BCUT2D eigenvalue weighted by molar-refractivity contribution is 0.0951. The zero-order valence-corrected chi connectivity index (χ0v) is 11.8. The summed E-state index contributed by atoms with van der Waals surface area (Å²) in [4.78, 5) is 11.9. The first-order valence-corrected chi connectivity index (χ1v) is 7.80. The lowest BCUT2D eigenvalue weighted by Gasteiger charge is -2.10. The van der Waals surface area contributed by atoms with E-state index in [0.29, 0.717) is 11.6 Å². The molecule has 0 spiro atoms. The van der Waals surface area contributed by atoms with Crippen LogP contribution in [-0.2, 0) is 10.0 Å². The Bertz CT molecular complexity index is 560. The van der Waals surface area contributed by atoms with Gasteiger partial charge in [0.05, 0.1) is 4.90 Å². The fourth-order valence-corrected chi connectivity index (χ4v) is 2.91. The summed E-state index contributed by atoms with van der Waals surface area (Å²) in [5.74, 6) is -0.150. The molecule has 2 rings (SSSR count). The lowest BCUT2D eigenvalue weighted by atomic mass is 10.2. The molecule has 1 fully saturated rings. The molecule has 0 unspecified atom stereocenters. The highest BCUT2D eigenvalue weighted by atomic mass is 32.2. The summed E-state index contributed by atoms with van der Waals surface area (Å²) in [6.45, 7) is 3.52. The van der Waals surface area contributed by atoms with Crippen LogP contribution >= 0.6 is 0 Å². The monoisotopic (exact) mass is 282 g/mol. The molecule has 1 saturated carbocycles. The van der Waals surface area contributed by atoms with Crippen molar-refractivity contribution in [1.29, 1.82) is 0 Å². The molecular formula is C13H18N2O3S. The average Bonchev–Trinajstić information content (AvgIpc) is 3.11. The summed E-state index contributed by atoms with van der Waals surface area (Å²) >= 11 is 0. The molecular weight excluding hydrogens is 264 g/mol. The first-order chi connectivity index (χ1) is 8.88. The molecule has 104 valence electrons. The van der Waals surface area contributed by atoms with E-state index in [9.17, 15) is 13.2 Å². The average molecular weight is 282 g/mol. The van der Waals surface area contributed by atoms with Gasteiger partial charge in [-0.25, -0.2) is 13.1 Å². The molecule has 19 heavy (non-hydrogen) atoms. The number of hydrogen-bond acceptors (Lipinski definition) is 3. The zero-order chi connectivity index (χ0) is 14.0. The number of carbonyl (C=O) groups excluding carboxylic acids is 1. The van der Waals surface area contributed by atoms with E-state index in [4.69, 9.17) is 0 Å². The molecule has 1 aliphatic carbocycles. The van der Waals surface area contributed by atoms with E-state index in [-0.39, 0.29) is 16.8 Å². The van der Waals surface area contributed by atoms with Crippen LogP contribution in [0.3, 0.4) is 0 Å². The van der Waals surface area contributed by atoms with Gasteiger partial charge in [-0.3, -0.25) is 4.79 Å². The molecule has 1 aliphatic rings. The van der Waals surface area contributed by atoms with Gasteiger partial charge in [0.25, 0.3) is 5.91 Å². The third kappa shape index (κ3) is 3.78. The van der Waals surface area contributed by atoms with E-state index in [2.05, 4.69) is 10.0 Å². The molecule has 1 aromatic rings. The minimum atomic E-state index is -3.49. The first kappa shape index (κ1) is 14.0. The molecule has 5 nitrogen and oxygen atoms in total. The van der Waals surface area contributed by atoms with Gasteiger partial charge in [-0.15, -0.1) is 0 Å². The van der Waals surface area contributed by atoms with Crippen LogP contribution < -0.4 is 10.0 Å². The molecule has 0 bridgehead atoms. The number of benzene rings is 1. The molecule has 0 radical (unpaired) electrons. The summed E-state index contributed by atoms with van der Waals surface area (Å²) in [5.41, 5.74) is 0.482. The van der Waals surface area contributed by atoms with Gasteiger partial charge in [0.1, 0.15) is 0 Å². The van der Waals surface area contributed by atoms with E-state index in [1.54, 1.807) is 13.8 Å². The van der Waals surface area contributed by atoms with Crippen molar-refractivity contribution < 1.29 is 13.2 Å². The summed E-state index contributed by atoms with van der Waals surface area (Å²) in [6.07, 6.45) is 2.05. The van der Waals surface area contributed by atoms with Gasteiger partial charge in [0, 0.05) is 17.6 Å². The van der Waals surface area contributed by atoms with Crippen molar-refractivity contribution in [3.8, 4) is 0 Å². The van der Waals surface area contributed by atoms with Crippen LogP contribution in [0.4, 0.5) is 0 Å². The van der Waals surface area contributed by atoms with Gasteiger partial charge in [-0.2, -0.15) is 0 Å². The SMILES string of the molecule is CC(C)NS(=O)(=O)c1ccc(C(=O)NC2CC2)cc1. The fourth-order valence-electron chi connectivity index (χ4n) is 1.66. The minimum Gasteiger partial charge on any atom is -0.349 e. The lowest BCUT2D eigenvalue weighted by Crippen LogP contribution is -2.30. The van der Waals surface area contributed by atoms with Crippen molar-refractivity contribution in [2.24, 2.45) is 0 Å². The quantitative estimate of drug-likeness (QED) is 0.854. The Balaban J connectivity index is 2.11. The Morgan fingerprint density at radius 1 is 1.21 bits per heavy atom. The largest absolute Gasteiger partial charge is 0.349 e. The van der Waals surface area contributed by atoms with Crippen LogP contribution in [0.5, 0.6) is 0 Å². The normalized spacial score (nSPS) is 15.5. The molecule has 1 amide bonds. The van der Waals surface area contributed by atoms with Crippen molar-refractivity contribution in [1.82, 2.24) is 10.0 Å². The number of rotatable bonds is 5. The molecule has 0 aliphatic heterocycles. The Morgan fingerprint density at radius 3 is 2.26 bits per heavy atom. The van der Waals surface area contributed by atoms with Crippen molar-refractivity contribution in [3.05, 3.63) is 29.8 Å². The van der Waals surface area contributed by atoms with E-state index in [1.165, 1.54) is 24.3 Å². The van der Waals surface area contributed by atoms with Gasteiger partial charge >= 0.3 is 0 Å². The Morgan fingerprint density at radius 2 is 1.79 bits per heavy atom. The van der Waals surface area contributed by atoms with Crippen LogP contribution in [0, 0.1) is 0 Å². The number of carbonyl (C=O) groups is 1. The summed E-state index contributed by atoms with van der Waals surface area (Å²) in [5, 5.41) is 2.86. The highest BCUT2D eigenvalue weighted by molar-refractivity contribution is 7.89. The van der Waals surface area contributed by atoms with Crippen LogP contribution in [0.25, 0.3) is 0 Å². The second kappa shape index (κ2) is 5.30. The van der Waals surface area contributed by atoms with Crippen LogP contribution in [0.1, 0.15) is 37.0 Å². The summed E-state index contributed by atoms with van der Waals surface area (Å²) < 4.78 is 26.3. The Kier molecular flexibility index (Phi) is 3.91. The Hall–Kier alpha value is -1.40. The van der Waals surface area contributed by atoms with Crippen molar-refractivity contribution >= 4 is 15.9 Å². The highest BCUT2D eigenvalue weighted by Crippen LogP contribution is 2.19. The van der Waals surface area contributed by atoms with Gasteiger partial charge in [-0.1, -0.05) is 0 Å². The third-order valence-electron chi connectivity index (χ3n) is 2.73. The van der Waals surface area contributed by atoms with Gasteiger partial charge < -0.3 is 5.32 Å². The number of sulfonamides is 1. The number of amides is 1. The molecule has 1 aromatic carbocycles. The Labute approximate surface area is 113 Å². The maximum Gasteiger partial charge on any atom is 0.251 e. The summed E-state index contributed by atoms with van der Waals surface area (Å²) in [6, 6.07) is 6.10. The first-order valence-electron chi connectivity index (χ1n) is 6.32. The van der Waals surface area contributed by atoms with Gasteiger partial charge in [0.15, 0.2) is 0 Å². The molecule has 6 heteroatoms. The van der Waals surface area contributed by atoms with Crippen LogP contribution in [0.2, 0.25) is 0 Å². The highest BCUT2D eigenvalue weighted by Gasteiger charge is 2.24. The van der Waals surface area contributed by atoms with Crippen LogP contribution in [0.15, 0.2) is 29.2 Å². The fraction of sp³-hybridized carbons (Fsp3) is 0.462. The van der Waals surface area contributed by atoms with Crippen molar-refractivity contribution in [2.45, 2.75) is 43.7 Å². The van der Waals surface area contributed by atoms with Crippen molar-refractivity contribution in [3.63, 3.8) is 0 Å². The van der Waals surface area contributed by atoms with Crippen molar-refractivity contribution in [2.75, 3.05) is 0 Å². The summed E-state index contributed by atoms with van der Waals surface area (Å²) in [7, 11) is -3.49. The molecule has 0 heterocycles. The predicted octanol–water partition coefficient (Wildman–Crippen LogP) is 1.27. The topological polar surface area (TPSA) is 75.3 Å². The van der Waals surface area contributed by atoms with E-state index in [1.807, 2.05) is 0 Å². The van der Waals surface area contributed by atoms with Crippen LogP contribution in [-0.4, -0.2) is 26.4 Å². The predicted molar refractivity (Wildman–Crippen MR) is 72.4 cm³/mol. The van der Waals surface area contributed by atoms with E-state index < -0.39 is 10.0 Å². The maximum atomic E-state index is 11.9. The third-order valence-corrected chi connectivity index (χ3v) is 4.40. The second-order valence-corrected chi connectivity index (χ2v) is 6.76. The smallest absolute Gasteiger partial charge is 0.251 e. The standard InChI is InChI=1S/C13H18N2O3S/c1-9(2)15-19(17,18)12-7-3-10(4-8-12)13(16)14-11-5-6-11/h3-4,7-9,11,15H,5-6H2,1-2H3,(H,14,16). The van der Waals surface area contributed by atoms with E-state index >= 15 is 0 Å². The second-order valence-electron chi connectivity index (χ2n) is 5.05. The van der Waals surface area contributed by atoms with Gasteiger partial charge in [0.2, 0.25) is 10.0 Å². The van der Waals surface area contributed by atoms with Gasteiger partial charge in [-0.05, 0) is 51.0 Å². The molecule has 0 saturated heterocycles. The van der Waals surface area contributed by atoms with E-state index in [0.717, 1.165) is 12.8 Å². The molecule has 2 N–H and O–H groups in total. The number of nitrogens with one attached hydrogen (secondary N) is 2. The number of hydrogen-bond donors (Lipinski definition) is 2. The molecule has 0 aromatic heterocycles. The zero-order valence-electron chi connectivity index (χ0n) is 11.0.